The maximum atomic E-state index is 13.1. The third-order valence-electron chi connectivity index (χ3n) is 3.12. The highest BCUT2D eigenvalue weighted by Gasteiger charge is 2.42. The van der Waals surface area contributed by atoms with Crippen LogP contribution in [0.3, 0.4) is 0 Å². The molecule has 1 aromatic carbocycles. The van der Waals surface area contributed by atoms with E-state index in [1.165, 1.54) is 24.3 Å². The molecule has 0 saturated carbocycles. The lowest BCUT2D eigenvalue weighted by Gasteiger charge is -2.23. The van der Waals surface area contributed by atoms with Gasteiger partial charge in [-0.1, -0.05) is 23.7 Å². The standard InChI is InChI=1S/C13H13ClF3NO2/c14-10-3-1-8(2-4-10)11(13(15,16)17)18-12(19)9-5-6-20-7-9/h1-4,9,11H,5-7H2,(H,18,19)/t9-,11+/m1/s1. The molecule has 0 unspecified atom stereocenters. The van der Waals surface area contributed by atoms with Crippen LogP contribution in [0.2, 0.25) is 5.02 Å². The van der Waals surface area contributed by atoms with Crippen molar-refractivity contribution in [2.45, 2.75) is 18.6 Å². The zero-order valence-corrected chi connectivity index (χ0v) is 11.2. The van der Waals surface area contributed by atoms with Crippen molar-refractivity contribution in [1.29, 1.82) is 0 Å². The highest BCUT2D eigenvalue weighted by atomic mass is 35.5. The summed E-state index contributed by atoms with van der Waals surface area (Å²) >= 11 is 5.65. The minimum atomic E-state index is -4.57. The number of ether oxygens (including phenoxy) is 1. The molecule has 0 aliphatic carbocycles. The molecule has 0 spiro atoms. The molecule has 1 saturated heterocycles. The number of alkyl halides is 3. The van der Waals surface area contributed by atoms with Crippen LogP contribution >= 0.6 is 11.6 Å². The van der Waals surface area contributed by atoms with Crippen LogP contribution < -0.4 is 5.32 Å². The molecule has 0 aromatic heterocycles. The lowest BCUT2D eigenvalue weighted by Crippen LogP contribution is -2.41. The first-order valence-electron chi connectivity index (χ1n) is 6.08. The van der Waals surface area contributed by atoms with E-state index in [1.54, 1.807) is 0 Å². The molecule has 0 bridgehead atoms. The third kappa shape index (κ3) is 3.64. The monoisotopic (exact) mass is 307 g/mol. The predicted octanol–water partition coefficient (Wildman–Crippen LogP) is 3.10. The van der Waals surface area contributed by atoms with Gasteiger partial charge in [0.15, 0.2) is 6.04 Å². The predicted molar refractivity (Wildman–Crippen MR) is 67.3 cm³/mol. The summed E-state index contributed by atoms with van der Waals surface area (Å²) in [5.41, 5.74) is -0.0471. The summed E-state index contributed by atoms with van der Waals surface area (Å²) in [6.45, 7) is 0.562. The first kappa shape index (κ1) is 15.1. The molecule has 1 N–H and O–H groups in total. The minimum absolute atomic E-state index is 0.0471. The molecule has 2 atom stereocenters. The fourth-order valence-electron chi connectivity index (χ4n) is 2.01. The van der Waals surface area contributed by atoms with Crippen molar-refractivity contribution in [1.82, 2.24) is 5.32 Å². The maximum absolute atomic E-state index is 13.1. The average molecular weight is 308 g/mol. The van der Waals surface area contributed by atoms with Gasteiger partial charge in [0.2, 0.25) is 5.91 Å². The number of amides is 1. The quantitative estimate of drug-likeness (QED) is 0.932. The Morgan fingerprint density at radius 2 is 2.00 bits per heavy atom. The molecule has 20 heavy (non-hydrogen) atoms. The zero-order chi connectivity index (χ0) is 14.8. The molecule has 1 aliphatic rings. The Morgan fingerprint density at radius 3 is 2.50 bits per heavy atom. The summed E-state index contributed by atoms with van der Waals surface area (Å²) in [7, 11) is 0. The van der Waals surface area contributed by atoms with Gasteiger partial charge in [-0.15, -0.1) is 0 Å². The lowest BCUT2D eigenvalue weighted by molar-refractivity contribution is -0.164. The second kappa shape index (κ2) is 6.01. The van der Waals surface area contributed by atoms with Gasteiger partial charge in [-0.3, -0.25) is 4.79 Å². The van der Waals surface area contributed by atoms with Gasteiger partial charge in [0.25, 0.3) is 0 Å². The molecule has 1 heterocycles. The number of hydrogen-bond acceptors (Lipinski definition) is 2. The van der Waals surface area contributed by atoms with Crippen LogP contribution in [0.5, 0.6) is 0 Å². The van der Waals surface area contributed by atoms with Crippen LogP contribution in [0.15, 0.2) is 24.3 Å². The molecule has 1 amide bonds. The molecule has 110 valence electrons. The number of nitrogens with one attached hydrogen (secondary N) is 1. The number of rotatable bonds is 3. The van der Waals surface area contributed by atoms with Gasteiger partial charge in [0, 0.05) is 11.6 Å². The number of hydrogen-bond donors (Lipinski definition) is 1. The highest BCUT2D eigenvalue weighted by Crippen LogP contribution is 2.33. The number of halogens is 4. The van der Waals surface area contributed by atoms with Crippen molar-refractivity contribution in [3.05, 3.63) is 34.9 Å². The third-order valence-corrected chi connectivity index (χ3v) is 3.37. The van der Waals surface area contributed by atoms with Crippen molar-refractivity contribution in [3.8, 4) is 0 Å². The van der Waals surface area contributed by atoms with E-state index in [0.29, 0.717) is 18.1 Å². The van der Waals surface area contributed by atoms with Crippen molar-refractivity contribution in [3.63, 3.8) is 0 Å². The first-order valence-corrected chi connectivity index (χ1v) is 6.46. The van der Waals surface area contributed by atoms with Crippen molar-refractivity contribution in [2.24, 2.45) is 5.92 Å². The topological polar surface area (TPSA) is 38.3 Å². The van der Waals surface area contributed by atoms with E-state index in [4.69, 9.17) is 16.3 Å². The summed E-state index contributed by atoms with van der Waals surface area (Å²) in [6.07, 6.45) is -4.13. The Bertz CT molecular complexity index is 469. The summed E-state index contributed by atoms with van der Waals surface area (Å²) in [5, 5.41) is 2.39. The molecule has 1 aliphatic heterocycles. The van der Waals surface area contributed by atoms with Crippen molar-refractivity contribution < 1.29 is 22.7 Å². The SMILES string of the molecule is O=C(N[C@@H](c1ccc(Cl)cc1)C(F)(F)F)[C@@H]1CCOC1. The maximum Gasteiger partial charge on any atom is 0.412 e. The Kier molecular flexibility index (Phi) is 4.55. The lowest BCUT2D eigenvalue weighted by atomic mass is 10.0. The van der Waals surface area contributed by atoms with Gasteiger partial charge < -0.3 is 10.1 Å². The molecule has 2 rings (SSSR count). The van der Waals surface area contributed by atoms with Crippen LogP contribution in [0.4, 0.5) is 13.2 Å². The summed E-state index contributed by atoms with van der Waals surface area (Å²) in [5.74, 6) is -1.16. The van der Waals surface area contributed by atoms with Gasteiger partial charge in [0.1, 0.15) is 0 Å². The van der Waals surface area contributed by atoms with E-state index >= 15 is 0 Å². The zero-order valence-electron chi connectivity index (χ0n) is 10.4. The van der Waals surface area contributed by atoms with E-state index in [9.17, 15) is 18.0 Å². The van der Waals surface area contributed by atoms with Crippen LogP contribution in [0.25, 0.3) is 0 Å². The van der Waals surface area contributed by atoms with E-state index in [-0.39, 0.29) is 12.2 Å². The van der Waals surface area contributed by atoms with E-state index < -0.39 is 24.0 Å². The minimum Gasteiger partial charge on any atom is -0.381 e. The fraction of sp³-hybridized carbons (Fsp3) is 0.462. The van der Waals surface area contributed by atoms with E-state index in [1.807, 2.05) is 5.32 Å². The first-order chi connectivity index (χ1) is 9.38. The Balaban J connectivity index is 2.15. The summed E-state index contributed by atoms with van der Waals surface area (Å²) in [6, 6.07) is 3.20. The number of carbonyl (C=O) groups excluding carboxylic acids is 1. The highest BCUT2D eigenvalue weighted by molar-refractivity contribution is 6.30. The second-order valence-corrected chi connectivity index (χ2v) is 5.03. The molecule has 1 aromatic rings. The normalized spacial score (nSPS) is 20.7. The van der Waals surface area contributed by atoms with E-state index in [2.05, 4.69) is 0 Å². The van der Waals surface area contributed by atoms with Gasteiger partial charge in [0.05, 0.1) is 12.5 Å². The number of carbonyl (C=O) groups is 1. The Morgan fingerprint density at radius 1 is 1.35 bits per heavy atom. The number of benzene rings is 1. The van der Waals surface area contributed by atoms with E-state index in [0.717, 1.165) is 0 Å². The van der Waals surface area contributed by atoms with Gasteiger partial charge in [-0.25, -0.2) is 0 Å². The Hall–Kier alpha value is -1.27. The molecule has 0 radical (unpaired) electrons. The van der Waals surface area contributed by atoms with Crippen molar-refractivity contribution in [2.75, 3.05) is 13.2 Å². The van der Waals surface area contributed by atoms with Crippen LogP contribution in [0.1, 0.15) is 18.0 Å². The molecular weight excluding hydrogens is 295 g/mol. The average Bonchev–Trinajstić information content (AvgIpc) is 2.89. The van der Waals surface area contributed by atoms with Crippen LogP contribution in [0, 0.1) is 5.92 Å². The van der Waals surface area contributed by atoms with Crippen molar-refractivity contribution >= 4 is 17.5 Å². The van der Waals surface area contributed by atoms with Gasteiger partial charge in [-0.2, -0.15) is 13.2 Å². The van der Waals surface area contributed by atoms with Gasteiger partial charge >= 0.3 is 6.18 Å². The van der Waals surface area contributed by atoms with Crippen LogP contribution in [-0.4, -0.2) is 25.3 Å². The molecular formula is C13H13ClF3NO2. The van der Waals surface area contributed by atoms with Gasteiger partial charge in [-0.05, 0) is 24.1 Å². The molecule has 7 heteroatoms. The fourth-order valence-corrected chi connectivity index (χ4v) is 2.14. The second-order valence-electron chi connectivity index (χ2n) is 4.60. The Labute approximate surface area is 119 Å². The molecule has 1 fully saturated rings. The molecule has 3 nitrogen and oxygen atoms in total. The largest absolute Gasteiger partial charge is 0.412 e. The van der Waals surface area contributed by atoms with Crippen LogP contribution in [-0.2, 0) is 9.53 Å². The summed E-state index contributed by atoms with van der Waals surface area (Å²) < 4.78 is 44.2. The smallest absolute Gasteiger partial charge is 0.381 e. The summed E-state index contributed by atoms with van der Waals surface area (Å²) in [4.78, 5) is 11.8.